The van der Waals surface area contributed by atoms with E-state index >= 15 is 0 Å². The monoisotopic (exact) mass is 448 g/mol. The molecule has 1 aromatic carbocycles. The van der Waals surface area contributed by atoms with Gasteiger partial charge >= 0.3 is 0 Å². The SMILES string of the molecule is Cc1cc(Nc2cc(O[C@H]3CC[C@@H](NCC(O)C(F)F)CC3)cc3c2ncn3C)nn1C. The fraction of sp³-hybridized carbons (Fsp3) is 0.545. The minimum atomic E-state index is -2.72. The Balaban J connectivity index is 1.43. The standard InChI is InChI=1S/C22H30F2N6O2/c1-13-8-20(28-30(13)3)27-17-9-16(10-18-21(17)26-12-29(18)2)32-15-6-4-14(5-7-15)25-11-19(31)22(23)24/h8-10,12,14-15,19,22,25,31H,4-7,11H2,1-3H3,(H,27,28)/t14-,15+,19?. The van der Waals surface area contributed by atoms with Crippen molar-refractivity contribution >= 4 is 22.5 Å². The van der Waals surface area contributed by atoms with Crippen LogP contribution in [-0.2, 0) is 14.1 Å². The molecule has 2 aromatic heterocycles. The van der Waals surface area contributed by atoms with Gasteiger partial charge < -0.3 is 25.0 Å². The van der Waals surface area contributed by atoms with E-state index in [1.807, 2.05) is 48.5 Å². The summed E-state index contributed by atoms with van der Waals surface area (Å²) in [5.41, 5.74) is 3.67. The Bertz CT molecular complexity index is 1040. The second-order valence-corrected chi connectivity index (χ2v) is 8.52. The predicted octanol–water partition coefficient (Wildman–Crippen LogP) is 3.26. The summed E-state index contributed by atoms with van der Waals surface area (Å²) < 4.78 is 35.0. The lowest BCUT2D eigenvalue weighted by Crippen LogP contribution is -2.41. The summed E-state index contributed by atoms with van der Waals surface area (Å²) in [6, 6.07) is 6.03. The van der Waals surface area contributed by atoms with Crippen molar-refractivity contribution in [3.05, 3.63) is 30.2 Å². The predicted molar refractivity (Wildman–Crippen MR) is 119 cm³/mol. The number of aromatic nitrogens is 4. The van der Waals surface area contributed by atoms with Crippen LogP contribution in [0.4, 0.5) is 20.3 Å². The second-order valence-electron chi connectivity index (χ2n) is 8.52. The quantitative estimate of drug-likeness (QED) is 0.490. The maximum atomic E-state index is 12.5. The number of aryl methyl sites for hydroxylation is 3. The number of ether oxygens (including phenoxy) is 1. The summed E-state index contributed by atoms with van der Waals surface area (Å²) in [5.74, 6) is 1.49. The van der Waals surface area contributed by atoms with Gasteiger partial charge in [0.25, 0.3) is 6.43 Å². The summed E-state index contributed by atoms with van der Waals surface area (Å²) in [4.78, 5) is 4.52. The third-order valence-corrected chi connectivity index (χ3v) is 6.06. The molecule has 0 saturated heterocycles. The third-order valence-electron chi connectivity index (χ3n) is 6.06. The Morgan fingerprint density at radius 3 is 2.59 bits per heavy atom. The molecule has 0 radical (unpaired) electrons. The first-order chi connectivity index (χ1) is 15.3. The van der Waals surface area contributed by atoms with Crippen LogP contribution >= 0.6 is 0 Å². The van der Waals surface area contributed by atoms with E-state index < -0.39 is 12.5 Å². The van der Waals surface area contributed by atoms with Crippen LogP contribution in [0.2, 0.25) is 0 Å². The van der Waals surface area contributed by atoms with Gasteiger partial charge in [-0.3, -0.25) is 4.68 Å². The topological polar surface area (TPSA) is 89.2 Å². The van der Waals surface area contributed by atoms with Crippen molar-refractivity contribution in [2.45, 2.75) is 57.3 Å². The first-order valence-corrected chi connectivity index (χ1v) is 10.9. The number of fused-ring (bicyclic) bond motifs is 1. The summed E-state index contributed by atoms with van der Waals surface area (Å²) in [6.07, 6.45) is 0.727. The highest BCUT2D eigenvalue weighted by molar-refractivity contribution is 5.91. The number of benzene rings is 1. The molecule has 1 saturated carbocycles. The van der Waals surface area contributed by atoms with Gasteiger partial charge in [-0.05, 0) is 32.6 Å². The smallest absolute Gasteiger partial charge is 0.265 e. The zero-order valence-corrected chi connectivity index (χ0v) is 18.6. The second kappa shape index (κ2) is 9.41. The van der Waals surface area contributed by atoms with Crippen LogP contribution in [-0.4, -0.2) is 55.7 Å². The Hall–Kier alpha value is -2.72. The molecule has 32 heavy (non-hydrogen) atoms. The van der Waals surface area contributed by atoms with E-state index in [1.54, 1.807) is 6.33 Å². The molecular weight excluding hydrogens is 418 g/mol. The molecule has 0 amide bonds. The molecule has 1 aliphatic carbocycles. The summed E-state index contributed by atoms with van der Waals surface area (Å²) in [7, 11) is 3.84. The van der Waals surface area contributed by atoms with Crippen molar-refractivity contribution in [3.8, 4) is 5.75 Å². The van der Waals surface area contributed by atoms with E-state index in [2.05, 4.69) is 20.7 Å². The van der Waals surface area contributed by atoms with Crippen molar-refractivity contribution in [1.29, 1.82) is 0 Å². The molecule has 1 aliphatic rings. The van der Waals surface area contributed by atoms with Gasteiger partial charge in [0.05, 0.1) is 23.6 Å². The lowest BCUT2D eigenvalue weighted by Gasteiger charge is -2.30. The summed E-state index contributed by atoms with van der Waals surface area (Å²) in [6.45, 7) is 1.90. The summed E-state index contributed by atoms with van der Waals surface area (Å²) in [5, 5.41) is 20.2. The molecule has 0 aliphatic heterocycles. The highest BCUT2D eigenvalue weighted by Crippen LogP contribution is 2.32. The molecule has 10 heteroatoms. The lowest BCUT2D eigenvalue weighted by atomic mass is 9.93. The van der Waals surface area contributed by atoms with Crippen molar-refractivity contribution in [2.24, 2.45) is 14.1 Å². The van der Waals surface area contributed by atoms with E-state index in [4.69, 9.17) is 4.74 Å². The average Bonchev–Trinajstić information content (AvgIpc) is 3.28. The molecule has 4 rings (SSSR count). The van der Waals surface area contributed by atoms with Crippen LogP contribution < -0.4 is 15.4 Å². The molecule has 1 atom stereocenters. The van der Waals surface area contributed by atoms with Gasteiger partial charge in [0.2, 0.25) is 0 Å². The average molecular weight is 449 g/mol. The number of aliphatic hydroxyl groups is 1. The first kappa shape index (κ1) is 22.5. The molecule has 2 heterocycles. The van der Waals surface area contributed by atoms with Crippen LogP contribution in [0, 0.1) is 6.92 Å². The van der Waals surface area contributed by atoms with Crippen molar-refractivity contribution in [1.82, 2.24) is 24.6 Å². The van der Waals surface area contributed by atoms with Crippen LogP contribution in [0.5, 0.6) is 5.75 Å². The molecule has 0 spiro atoms. The van der Waals surface area contributed by atoms with E-state index in [-0.39, 0.29) is 18.7 Å². The zero-order chi connectivity index (χ0) is 22.8. The number of alkyl halides is 2. The Labute approximate surface area is 185 Å². The molecule has 8 nitrogen and oxygen atoms in total. The van der Waals surface area contributed by atoms with Crippen molar-refractivity contribution < 1.29 is 18.6 Å². The molecule has 1 fully saturated rings. The van der Waals surface area contributed by atoms with Gasteiger partial charge in [-0.2, -0.15) is 5.10 Å². The van der Waals surface area contributed by atoms with Gasteiger partial charge in [-0.1, -0.05) is 0 Å². The van der Waals surface area contributed by atoms with Gasteiger partial charge in [0, 0.05) is 50.6 Å². The largest absolute Gasteiger partial charge is 0.490 e. The Morgan fingerprint density at radius 1 is 1.19 bits per heavy atom. The molecule has 1 unspecified atom stereocenters. The van der Waals surface area contributed by atoms with Gasteiger partial charge in [0.15, 0.2) is 5.82 Å². The first-order valence-electron chi connectivity index (χ1n) is 10.9. The number of rotatable bonds is 8. The number of hydrogen-bond acceptors (Lipinski definition) is 6. The van der Waals surface area contributed by atoms with Gasteiger partial charge in [-0.15, -0.1) is 0 Å². The van der Waals surface area contributed by atoms with Crippen LogP contribution in [0.3, 0.4) is 0 Å². The Kier molecular flexibility index (Phi) is 6.61. The zero-order valence-electron chi connectivity index (χ0n) is 18.6. The number of hydrogen-bond donors (Lipinski definition) is 3. The minimum Gasteiger partial charge on any atom is -0.490 e. The number of halogens is 2. The molecular formula is C22H30F2N6O2. The number of nitrogens with zero attached hydrogens (tertiary/aromatic N) is 4. The molecule has 0 bridgehead atoms. The third kappa shape index (κ3) is 5.02. The van der Waals surface area contributed by atoms with Crippen LogP contribution in [0.15, 0.2) is 24.5 Å². The maximum Gasteiger partial charge on any atom is 0.265 e. The van der Waals surface area contributed by atoms with E-state index in [1.165, 1.54) is 0 Å². The normalized spacial score (nSPS) is 20.1. The number of aliphatic hydroxyl groups excluding tert-OH is 1. The van der Waals surface area contributed by atoms with Gasteiger partial charge in [0.1, 0.15) is 17.4 Å². The number of imidazole rings is 1. The molecule has 3 aromatic rings. The fourth-order valence-electron chi connectivity index (χ4n) is 4.08. The summed E-state index contributed by atoms with van der Waals surface area (Å²) >= 11 is 0. The molecule has 174 valence electrons. The minimum absolute atomic E-state index is 0.0451. The van der Waals surface area contributed by atoms with Gasteiger partial charge in [-0.25, -0.2) is 13.8 Å². The highest BCUT2D eigenvalue weighted by atomic mass is 19.3. The Morgan fingerprint density at radius 2 is 1.94 bits per heavy atom. The maximum absolute atomic E-state index is 12.5. The molecule has 3 N–H and O–H groups in total. The fourth-order valence-corrected chi connectivity index (χ4v) is 4.08. The van der Waals surface area contributed by atoms with E-state index in [0.717, 1.165) is 59.7 Å². The van der Waals surface area contributed by atoms with Crippen molar-refractivity contribution in [3.63, 3.8) is 0 Å². The van der Waals surface area contributed by atoms with E-state index in [0.29, 0.717) is 0 Å². The van der Waals surface area contributed by atoms with E-state index in [9.17, 15) is 13.9 Å². The lowest BCUT2D eigenvalue weighted by molar-refractivity contribution is -0.00585. The van der Waals surface area contributed by atoms with Crippen LogP contribution in [0.1, 0.15) is 31.4 Å². The highest BCUT2D eigenvalue weighted by Gasteiger charge is 2.25. The van der Waals surface area contributed by atoms with Crippen molar-refractivity contribution in [2.75, 3.05) is 11.9 Å². The number of anilines is 2. The number of nitrogens with one attached hydrogen (secondary N) is 2. The van der Waals surface area contributed by atoms with Crippen LogP contribution in [0.25, 0.3) is 11.0 Å².